The van der Waals surface area contributed by atoms with Crippen LogP contribution in [0.25, 0.3) is 0 Å². The molecule has 0 amide bonds. The van der Waals surface area contributed by atoms with Gasteiger partial charge >= 0.3 is 0 Å². The molecule has 1 saturated carbocycles. The lowest BCUT2D eigenvalue weighted by molar-refractivity contribution is 0.0320. The standard InChI is InChI=1S/C23H34O/c1-15-10-19-20(23(4,5)9-8-22(19,2)3)13-18(15)12-16-6-7-17(11-16)21-14-24-21/h6,10,13,17,19-21H,7-9,11-12,14H2,1-5H3/t17-,19?,20-,21?/m0/s1. The second kappa shape index (κ2) is 5.59. The number of rotatable bonds is 3. The van der Waals surface area contributed by atoms with Crippen LogP contribution in [0.15, 0.2) is 34.9 Å². The smallest absolute Gasteiger partial charge is 0.0844 e. The maximum atomic E-state index is 5.51. The minimum absolute atomic E-state index is 0.428. The van der Waals surface area contributed by atoms with Gasteiger partial charge < -0.3 is 4.74 Å². The van der Waals surface area contributed by atoms with Crippen LogP contribution in [0.4, 0.5) is 0 Å². The van der Waals surface area contributed by atoms with Crippen molar-refractivity contribution in [2.45, 2.75) is 72.8 Å². The largest absolute Gasteiger partial charge is 0.373 e. The van der Waals surface area contributed by atoms with Crippen LogP contribution in [0, 0.1) is 28.6 Å². The van der Waals surface area contributed by atoms with E-state index < -0.39 is 0 Å². The van der Waals surface area contributed by atoms with Gasteiger partial charge in [-0.25, -0.2) is 0 Å². The summed E-state index contributed by atoms with van der Waals surface area (Å²) in [5.74, 6) is 2.17. The molecule has 0 aromatic heterocycles. The van der Waals surface area contributed by atoms with E-state index >= 15 is 0 Å². The van der Waals surface area contributed by atoms with Crippen molar-refractivity contribution in [1.82, 2.24) is 0 Å². The molecule has 24 heavy (non-hydrogen) atoms. The average Bonchev–Trinajstić information content (AvgIpc) is 3.26. The molecule has 0 spiro atoms. The summed E-state index contributed by atoms with van der Waals surface area (Å²) < 4.78 is 5.51. The lowest BCUT2D eigenvalue weighted by atomic mass is 9.52. The van der Waals surface area contributed by atoms with Gasteiger partial charge in [0.25, 0.3) is 0 Å². The van der Waals surface area contributed by atoms with Crippen molar-refractivity contribution < 1.29 is 4.74 Å². The fraction of sp³-hybridized carbons (Fsp3) is 0.739. The molecule has 0 bridgehead atoms. The van der Waals surface area contributed by atoms with Crippen LogP contribution in [-0.2, 0) is 4.74 Å². The molecule has 0 radical (unpaired) electrons. The first kappa shape index (κ1) is 16.6. The van der Waals surface area contributed by atoms with Crippen LogP contribution in [0.5, 0.6) is 0 Å². The zero-order valence-corrected chi connectivity index (χ0v) is 16.2. The second-order valence-corrected chi connectivity index (χ2v) is 10.2. The number of epoxide rings is 1. The first-order chi connectivity index (χ1) is 11.3. The monoisotopic (exact) mass is 326 g/mol. The highest BCUT2D eigenvalue weighted by atomic mass is 16.6. The fourth-order valence-corrected chi connectivity index (χ4v) is 5.35. The fourth-order valence-electron chi connectivity index (χ4n) is 5.35. The molecular weight excluding hydrogens is 292 g/mol. The Morgan fingerprint density at radius 1 is 1.04 bits per heavy atom. The number of allylic oxidation sites excluding steroid dienone is 6. The van der Waals surface area contributed by atoms with Gasteiger partial charge in [0, 0.05) is 0 Å². The first-order valence-corrected chi connectivity index (χ1v) is 9.95. The summed E-state index contributed by atoms with van der Waals surface area (Å²) in [6, 6.07) is 0. The molecule has 1 nitrogen and oxygen atoms in total. The van der Waals surface area contributed by atoms with Crippen molar-refractivity contribution in [1.29, 1.82) is 0 Å². The molecule has 4 rings (SSSR count). The summed E-state index contributed by atoms with van der Waals surface area (Å²) >= 11 is 0. The Bertz CT molecular complexity index is 612. The zero-order valence-electron chi connectivity index (χ0n) is 16.2. The Kier molecular flexibility index (Phi) is 3.88. The van der Waals surface area contributed by atoms with Crippen molar-refractivity contribution >= 4 is 0 Å². The topological polar surface area (TPSA) is 12.5 Å². The van der Waals surface area contributed by atoms with Crippen LogP contribution in [0.3, 0.4) is 0 Å². The summed E-state index contributed by atoms with van der Waals surface area (Å²) in [5, 5.41) is 0. The maximum Gasteiger partial charge on any atom is 0.0844 e. The van der Waals surface area contributed by atoms with Crippen molar-refractivity contribution in [3.05, 3.63) is 34.9 Å². The molecule has 2 unspecified atom stereocenters. The predicted molar refractivity (Wildman–Crippen MR) is 101 cm³/mol. The summed E-state index contributed by atoms with van der Waals surface area (Å²) in [6.07, 6.45) is 14.7. The van der Waals surface area contributed by atoms with Gasteiger partial charge in [0.2, 0.25) is 0 Å². The molecule has 1 aliphatic heterocycles. The van der Waals surface area contributed by atoms with Crippen molar-refractivity contribution in [2.75, 3.05) is 6.61 Å². The molecule has 1 heterocycles. The lowest BCUT2D eigenvalue weighted by Gasteiger charge is -2.52. The van der Waals surface area contributed by atoms with Crippen LogP contribution in [0.2, 0.25) is 0 Å². The van der Waals surface area contributed by atoms with Gasteiger partial charge in [-0.2, -0.15) is 0 Å². The van der Waals surface area contributed by atoms with E-state index in [2.05, 4.69) is 52.8 Å². The van der Waals surface area contributed by atoms with Crippen LogP contribution in [0.1, 0.15) is 66.7 Å². The Hall–Kier alpha value is -0.820. The van der Waals surface area contributed by atoms with E-state index in [9.17, 15) is 0 Å². The Morgan fingerprint density at radius 2 is 1.67 bits per heavy atom. The third kappa shape index (κ3) is 2.94. The van der Waals surface area contributed by atoms with Gasteiger partial charge in [-0.15, -0.1) is 0 Å². The highest BCUT2D eigenvalue weighted by Crippen LogP contribution is 2.56. The van der Waals surface area contributed by atoms with Crippen LogP contribution < -0.4 is 0 Å². The van der Waals surface area contributed by atoms with Gasteiger partial charge in [0.1, 0.15) is 0 Å². The van der Waals surface area contributed by atoms with E-state index in [1.165, 1.54) is 37.7 Å². The van der Waals surface area contributed by atoms with Crippen molar-refractivity contribution in [3.8, 4) is 0 Å². The Labute approximate surface area is 148 Å². The molecule has 2 fully saturated rings. The van der Waals surface area contributed by atoms with Crippen molar-refractivity contribution in [2.24, 2.45) is 28.6 Å². The van der Waals surface area contributed by atoms with E-state index in [1.54, 1.807) is 11.1 Å². The van der Waals surface area contributed by atoms with E-state index in [0.717, 1.165) is 12.5 Å². The third-order valence-electron chi connectivity index (χ3n) is 7.46. The molecule has 132 valence electrons. The van der Waals surface area contributed by atoms with Gasteiger partial charge in [-0.05, 0) is 73.2 Å². The highest BCUT2D eigenvalue weighted by molar-refractivity contribution is 5.40. The second-order valence-electron chi connectivity index (χ2n) is 10.2. The van der Waals surface area contributed by atoms with E-state index in [4.69, 9.17) is 4.74 Å². The Balaban J connectivity index is 1.53. The number of hydrogen-bond donors (Lipinski definition) is 0. The van der Waals surface area contributed by atoms with E-state index in [1.807, 2.05) is 0 Å². The first-order valence-electron chi connectivity index (χ1n) is 9.95. The maximum absolute atomic E-state index is 5.51. The lowest BCUT2D eigenvalue weighted by Crippen LogP contribution is -2.43. The van der Waals surface area contributed by atoms with Crippen LogP contribution >= 0.6 is 0 Å². The summed E-state index contributed by atoms with van der Waals surface area (Å²) in [4.78, 5) is 0. The molecule has 0 N–H and O–H groups in total. The molecule has 0 aromatic rings. The predicted octanol–water partition coefficient (Wildman–Crippen LogP) is 6.08. The Morgan fingerprint density at radius 3 is 2.29 bits per heavy atom. The average molecular weight is 327 g/mol. The van der Waals surface area contributed by atoms with Crippen LogP contribution in [-0.4, -0.2) is 12.7 Å². The SMILES string of the molecule is CC1=CC2[C@H](C=C1CC1=CC[C@H](C3CO3)C1)C(C)(C)CCC2(C)C. The minimum Gasteiger partial charge on any atom is -0.373 e. The summed E-state index contributed by atoms with van der Waals surface area (Å²) in [7, 11) is 0. The zero-order chi connectivity index (χ0) is 17.1. The minimum atomic E-state index is 0.428. The van der Waals surface area contributed by atoms with E-state index in [-0.39, 0.29) is 0 Å². The van der Waals surface area contributed by atoms with Gasteiger partial charge in [-0.1, -0.05) is 57.1 Å². The normalized spacial score (nSPS) is 39.6. The number of hydrogen-bond acceptors (Lipinski definition) is 1. The quantitative estimate of drug-likeness (QED) is 0.452. The van der Waals surface area contributed by atoms with Crippen molar-refractivity contribution in [3.63, 3.8) is 0 Å². The molecule has 4 atom stereocenters. The molecule has 0 aromatic carbocycles. The van der Waals surface area contributed by atoms with Gasteiger partial charge in [0.05, 0.1) is 12.7 Å². The van der Waals surface area contributed by atoms with E-state index in [0.29, 0.717) is 28.8 Å². The number of ether oxygens (including phenoxy) is 1. The summed E-state index contributed by atoms with van der Waals surface area (Å²) in [6.45, 7) is 13.3. The molecule has 4 aliphatic rings. The van der Waals surface area contributed by atoms with Gasteiger partial charge in [0.15, 0.2) is 0 Å². The molecule has 1 heteroatoms. The number of fused-ring (bicyclic) bond motifs is 1. The highest BCUT2D eigenvalue weighted by Gasteiger charge is 2.47. The molecular formula is C23H34O. The van der Waals surface area contributed by atoms with Gasteiger partial charge in [-0.3, -0.25) is 0 Å². The molecule has 3 aliphatic carbocycles. The molecule has 1 saturated heterocycles. The third-order valence-corrected chi connectivity index (χ3v) is 7.46. The summed E-state index contributed by atoms with van der Waals surface area (Å²) in [5.41, 5.74) is 5.65.